The molecular weight excluding hydrogens is 372 g/mol. The van der Waals surface area contributed by atoms with Gasteiger partial charge in [0.05, 0.1) is 25.5 Å². The van der Waals surface area contributed by atoms with Crippen LogP contribution in [0.1, 0.15) is 29.7 Å². The zero-order valence-corrected chi connectivity index (χ0v) is 17.4. The molecule has 0 spiro atoms. The fourth-order valence-corrected chi connectivity index (χ4v) is 4.47. The van der Waals surface area contributed by atoms with Gasteiger partial charge in [-0.2, -0.15) is 0 Å². The number of para-hydroxylation sites is 1. The number of benzene rings is 1. The van der Waals surface area contributed by atoms with Crippen molar-refractivity contribution in [2.24, 2.45) is 5.92 Å². The van der Waals surface area contributed by atoms with Crippen molar-refractivity contribution in [2.75, 3.05) is 26.7 Å². The van der Waals surface area contributed by atoms with Gasteiger partial charge in [0.25, 0.3) is 0 Å². The fraction of sp³-hybridized carbons (Fsp3) is 0.455. The van der Waals surface area contributed by atoms with Crippen LogP contribution in [0.3, 0.4) is 0 Å². The second-order valence-corrected chi connectivity index (χ2v) is 8.31. The van der Waals surface area contributed by atoms with Crippen molar-refractivity contribution in [3.63, 3.8) is 0 Å². The second kappa shape index (κ2) is 9.73. The Morgan fingerprint density at radius 3 is 2.75 bits per heavy atom. The number of hydrogen-bond acceptors (Lipinski definition) is 4. The number of aryl methyl sites for hydroxylation is 1. The number of nitrogens with zero attached hydrogens (tertiary/aromatic N) is 2. The van der Waals surface area contributed by atoms with Crippen LogP contribution in [0.5, 0.6) is 5.75 Å². The molecule has 2 amide bonds. The molecule has 0 N–H and O–H groups in total. The van der Waals surface area contributed by atoms with Gasteiger partial charge in [-0.15, -0.1) is 11.3 Å². The molecule has 1 fully saturated rings. The number of piperidine rings is 1. The lowest BCUT2D eigenvalue weighted by atomic mass is 9.96. The molecule has 5 nitrogen and oxygen atoms in total. The van der Waals surface area contributed by atoms with Gasteiger partial charge in [0, 0.05) is 25.0 Å². The number of carbonyl (C=O) groups excluding carboxylic acids is 2. The standard InChI is InChI=1S/C22H28N2O3S/c1-17-11-14-28-20(17)16-23(2)22(26)18-7-6-12-24(15-18)21(25)10-13-27-19-8-4-3-5-9-19/h3-5,8-9,11,14,18H,6-7,10,12-13,15-16H2,1-2H3. The van der Waals surface area contributed by atoms with E-state index in [4.69, 9.17) is 4.74 Å². The second-order valence-electron chi connectivity index (χ2n) is 7.31. The van der Waals surface area contributed by atoms with Crippen LogP contribution in [-0.4, -0.2) is 48.4 Å². The van der Waals surface area contributed by atoms with Gasteiger partial charge in [-0.3, -0.25) is 9.59 Å². The van der Waals surface area contributed by atoms with Gasteiger partial charge >= 0.3 is 0 Å². The fourth-order valence-electron chi connectivity index (χ4n) is 3.51. The highest BCUT2D eigenvalue weighted by atomic mass is 32.1. The van der Waals surface area contributed by atoms with E-state index in [0.29, 0.717) is 26.1 Å². The number of thiophene rings is 1. The maximum Gasteiger partial charge on any atom is 0.227 e. The summed E-state index contributed by atoms with van der Waals surface area (Å²) in [5.74, 6) is 0.849. The highest BCUT2D eigenvalue weighted by Gasteiger charge is 2.30. The van der Waals surface area contributed by atoms with Gasteiger partial charge in [0.1, 0.15) is 5.75 Å². The molecule has 150 valence electrons. The lowest BCUT2D eigenvalue weighted by molar-refractivity contribution is -0.140. The Kier molecular flexibility index (Phi) is 7.09. The summed E-state index contributed by atoms with van der Waals surface area (Å²) in [5, 5.41) is 2.06. The molecular formula is C22H28N2O3S. The van der Waals surface area contributed by atoms with E-state index < -0.39 is 0 Å². The summed E-state index contributed by atoms with van der Waals surface area (Å²) in [6.45, 7) is 4.30. The first kappa shape index (κ1) is 20.4. The Morgan fingerprint density at radius 2 is 2.04 bits per heavy atom. The summed E-state index contributed by atoms with van der Waals surface area (Å²) in [5.41, 5.74) is 1.23. The Labute approximate surface area is 170 Å². The summed E-state index contributed by atoms with van der Waals surface area (Å²) in [4.78, 5) is 30.3. The number of likely N-dealkylation sites (tertiary alicyclic amines) is 1. The molecule has 1 aliphatic heterocycles. The number of ether oxygens (including phenoxy) is 1. The highest BCUT2D eigenvalue weighted by molar-refractivity contribution is 7.10. The first-order valence-electron chi connectivity index (χ1n) is 9.78. The molecule has 28 heavy (non-hydrogen) atoms. The number of hydrogen-bond donors (Lipinski definition) is 0. The minimum Gasteiger partial charge on any atom is -0.493 e. The summed E-state index contributed by atoms with van der Waals surface area (Å²) >= 11 is 1.68. The number of carbonyl (C=O) groups is 2. The van der Waals surface area contributed by atoms with Gasteiger partial charge in [0.15, 0.2) is 0 Å². The molecule has 1 aliphatic rings. The van der Waals surface area contributed by atoms with Crippen LogP contribution < -0.4 is 4.74 Å². The molecule has 3 rings (SSSR count). The first-order chi connectivity index (χ1) is 13.5. The van der Waals surface area contributed by atoms with Crippen LogP contribution in [0, 0.1) is 12.8 Å². The quantitative estimate of drug-likeness (QED) is 0.712. The third kappa shape index (κ3) is 5.35. The Bertz CT molecular complexity index is 790. The van der Waals surface area contributed by atoms with E-state index in [1.807, 2.05) is 42.3 Å². The van der Waals surface area contributed by atoms with Crippen LogP contribution in [0.25, 0.3) is 0 Å². The molecule has 2 heterocycles. The number of rotatable bonds is 7. The van der Waals surface area contributed by atoms with Gasteiger partial charge in [0.2, 0.25) is 11.8 Å². The van der Waals surface area contributed by atoms with Crippen molar-refractivity contribution in [2.45, 2.75) is 32.7 Å². The third-order valence-electron chi connectivity index (χ3n) is 5.18. The molecule has 0 saturated carbocycles. The van der Waals surface area contributed by atoms with E-state index in [-0.39, 0.29) is 17.7 Å². The van der Waals surface area contributed by atoms with E-state index in [0.717, 1.165) is 25.1 Å². The van der Waals surface area contributed by atoms with Crippen LogP contribution in [0.4, 0.5) is 0 Å². The SMILES string of the molecule is Cc1ccsc1CN(C)C(=O)C1CCCN(C(=O)CCOc2ccccc2)C1. The monoisotopic (exact) mass is 400 g/mol. The normalized spacial score (nSPS) is 16.6. The third-order valence-corrected chi connectivity index (χ3v) is 6.18. The lowest BCUT2D eigenvalue weighted by Crippen LogP contribution is -2.46. The average molecular weight is 401 g/mol. The van der Waals surface area contributed by atoms with E-state index in [1.165, 1.54) is 10.4 Å². The van der Waals surface area contributed by atoms with Crippen molar-refractivity contribution >= 4 is 23.2 Å². The van der Waals surface area contributed by atoms with Crippen LogP contribution in [0.2, 0.25) is 0 Å². The highest BCUT2D eigenvalue weighted by Crippen LogP contribution is 2.22. The smallest absolute Gasteiger partial charge is 0.227 e. The van der Waals surface area contributed by atoms with Crippen LogP contribution in [-0.2, 0) is 16.1 Å². The van der Waals surface area contributed by atoms with Gasteiger partial charge in [-0.25, -0.2) is 0 Å². The van der Waals surface area contributed by atoms with Crippen molar-refractivity contribution in [3.05, 3.63) is 52.2 Å². The summed E-state index contributed by atoms with van der Waals surface area (Å²) < 4.78 is 5.63. The van der Waals surface area contributed by atoms with E-state index in [1.54, 1.807) is 16.2 Å². The van der Waals surface area contributed by atoms with E-state index in [2.05, 4.69) is 18.4 Å². The Balaban J connectivity index is 1.47. The zero-order chi connectivity index (χ0) is 19.9. The minimum absolute atomic E-state index is 0.0604. The average Bonchev–Trinajstić information content (AvgIpc) is 3.12. The molecule has 1 atom stereocenters. The predicted molar refractivity (Wildman–Crippen MR) is 111 cm³/mol. The maximum atomic E-state index is 12.9. The summed E-state index contributed by atoms with van der Waals surface area (Å²) in [6, 6.07) is 11.6. The molecule has 0 aliphatic carbocycles. The Hall–Kier alpha value is -2.34. The molecule has 2 aromatic rings. The van der Waals surface area contributed by atoms with Crippen molar-refractivity contribution in [3.8, 4) is 5.75 Å². The predicted octanol–water partition coefficient (Wildman–Crippen LogP) is 3.72. The van der Waals surface area contributed by atoms with Crippen LogP contribution >= 0.6 is 11.3 Å². The van der Waals surface area contributed by atoms with E-state index in [9.17, 15) is 9.59 Å². The zero-order valence-electron chi connectivity index (χ0n) is 16.6. The van der Waals surface area contributed by atoms with Gasteiger partial charge in [-0.05, 0) is 48.9 Å². The topological polar surface area (TPSA) is 49.9 Å². The summed E-state index contributed by atoms with van der Waals surface area (Å²) in [7, 11) is 1.86. The molecule has 1 saturated heterocycles. The van der Waals surface area contributed by atoms with Crippen molar-refractivity contribution < 1.29 is 14.3 Å². The van der Waals surface area contributed by atoms with Gasteiger partial charge in [-0.1, -0.05) is 18.2 Å². The summed E-state index contributed by atoms with van der Waals surface area (Å²) in [6.07, 6.45) is 2.05. The van der Waals surface area contributed by atoms with Crippen molar-refractivity contribution in [1.82, 2.24) is 9.80 Å². The van der Waals surface area contributed by atoms with Gasteiger partial charge < -0.3 is 14.5 Å². The largest absolute Gasteiger partial charge is 0.493 e. The molecule has 0 bridgehead atoms. The lowest BCUT2D eigenvalue weighted by Gasteiger charge is -2.34. The molecule has 1 aromatic heterocycles. The molecule has 0 radical (unpaired) electrons. The minimum atomic E-state index is -0.113. The maximum absolute atomic E-state index is 12.9. The Morgan fingerprint density at radius 1 is 1.25 bits per heavy atom. The van der Waals surface area contributed by atoms with E-state index >= 15 is 0 Å². The first-order valence-corrected chi connectivity index (χ1v) is 10.7. The molecule has 1 aromatic carbocycles. The van der Waals surface area contributed by atoms with Crippen LogP contribution in [0.15, 0.2) is 41.8 Å². The van der Waals surface area contributed by atoms with Crippen molar-refractivity contribution in [1.29, 1.82) is 0 Å². The molecule has 1 unspecified atom stereocenters. The number of amides is 2. The molecule has 6 heteroatoms.